The molecule has 2 rings (SSSR count). The quantitative estimate of drug-likeness (QED) is 0.720. The highest BCUT2D eigenvalue weighted by Gasteiger charge is 2.20. The van der Waals surface area contributed by atoms with Gasteiger partial charge in [-0.25, -0.2) is 4.98 Å². The molecule has 6 nitrogen and oxygen atoms in total. The Morgan fingerprint density at radius 1 is 1.62 bits per heavy atom. The van der Waals surface area contributed by atoms with Crippen LogP contribution in [0.2, 0.25) is 0 Å². The highest BCUT2D eigenvalue weighted by Crippen LogP contribution is 2.06. The van der Waals surface area contributed by atoms with Crippen molar-refractivity contribution in [1.29, 1.82) is 0 Å². The zero-order valence-corrected chi connectivity index (χ0v) is 9.37. The second-order valence-electron chi connectivity index (χ2n) is 3.93. The molecule has 1 saturated heterocycles. The van der Waals surface area contributed by atoms with Crippen molar-refractivity contribution in [1.82, 2.24) is 19.7 Å². The number of rotatable bonds is 3. The van der Waals surface area contributed by atoms with Crippen LogP contribution in [0.4, 0.5) is 0 Å². The maximum absolute atomic E-state index is 11.8. The van der Waals surface area contributed by atoms with Crippen molar-refractivity contribution < 1.29 is 9.53 Å². The molecule has 1 fully saturated rings. The van der Waals surface area contributed by atoms with Crippen molar-refractivity contribution in [2.24, 2.45) is 0 Å². The molecule has 0 bridgehead atoms. The van der Waals surface area contributed by atoms with Gasteiger partial charge in [0, 0.05) is 19.5 Å². The number of amides is 1. The highest BCUT2D eigenvalue weighted by atomic mass is 16.5. The first kappa shape index (κ1) is 11.1. The van der Waals surface area contributed by atoms with Crippen LogP contribution in [0.25, 0.3) is 0 Å². The third kappa shape index (κ3) is 2.79. The molecule has 0 saturated carbocycles. The van der Waals surface area contributed by atoms with E-state index < -0.39 is 0 Å². The number of aromatic nitrogens is 3. The van der Waals surface area contributed by atoms with E-state index in [1.807, 2.05) is 11.8 Å². The predicted molar refractivity (Wildman–Crippen MR) is 56.6 cm³/mol. The summed E-state index contributed by atoms with van der Waals surface area (Å²) in [5.74, 6) is 0.158. The van der Waals surface area contributed by atoms with Gasteiger partial charge in [-0.05, 0) is 6.92 Å². The first-order chi connectivity index (χ1) is 7.75. The van der Waals surface area contributed by atoms with Crippen molar-refractivity contribution in [2.75, 3.05) is 19.7 Å². The van der Waals surface area contributed by atoms with E-state index in [0.29, 0.717) is 32.7 Å². The molecule has 0 spiro atoms. The van der Waals surface area contributed by atoms with Crippen LogP contribution < -0.4 is 0 Å². The summed E-state index contributed by atoms with van der Waals surface area (Å²) in [4.78, 5) is 17.5. The first-order valence-electron chi connectivity index (χ1n) is 5.47. The van der Waals surface area contributed by atoms with Gasteiger partial charge in [0.1, 0.15) is 12.7 Å². The van der Waals surface area contributed by atoms with E-state index in [0.717, 1.165) is 0 Å². The van der Waals surface area contributed by atoms with Crippen molar-refractivity contribution in [2.45, 2.75) is 26.0 Å². The number of hydrogen-bond acceptors (Lipinski definition) is 4. The van der Waals surface area contributed by atoms with E-state index in [4.69, 9.17) is 4.74 Å². The molecule has 0 aliphatic carbocycles. The van der Waals surface area contributed by atoms with Crippen molar-refractivity contribution in [3.05, 3.63) is 12.7 Å². The molecule has 0 N–H and O–H groups in total. The van der Waals surface area contributed by atoms with Crippen LogP contribution in [0.1, 0.15) is 13.3 Å². The molecule has 1 atom stereocenters. The third-order valence-electron chi connectivity index (χ3n) is 2.62. The molecule has 1 aromatic heterocycles. The van der Waals surface area contributed by atoms with Crippen LogP contribution in [0.5, 0.6) is 0 Å². The number of nitrogens with zero attached hydrogens (tertiary/aromatic N) is 4. The summed E-state index contributed by atoms with van der Waals surface area (Å²) in [6, 6.07) is 0. The second kappa shape index (κ2) is 5.07. The summed E-state index contributed by atoms with van der Waals surface area (Å²) in [5, 5.41) is 3.96. The SMILES string of the molecule is C[C@@H]1CN(C(=O)CCn2cncn2)CCO1. The molecule has 1 aliphatic rings. The van der Waals surface area contributed by atoms with Crippen LogP contribution in [0, 0.1) is 0 Å². The normalized spacial score (nSPS) is 21.1. The maximum Gasteiger partial charge on any atom is 0.224 e. The van der Waals surface area contributed by atoms with Crippen molar-refractivity contribution in [3.8, 4) is 0 Å². The van der Waals surface area contributed by atoms with Gasteiger partial charge >= 0.3 is 0 Å². The van der Waals surface area contributed by atoms with Crippen LogP contribution in [0.15, 0.2) is 12.7 Å². The van der Waals surface area contributed by atoms with Crippen molar-refractivity contribution >= 4 is 5.91 Å². The van der Waals surface area contributed by atoms with Gasteiger partial charge in [0.05, 0.1) is 19.3 Å². The first-order valence-corrected chi connectivity index (χ1v) is 5.47. The van der Waals surface area contributed by atoms with E-state index in [2.05, 4.69) is 10.1 Å². The topological polar surface area (TPSA) is 60.2 Å². The van der Waals surface area contributed by atoms with Gasteiger partial charge in [0.2, 0.25) is 5.91 Å². The number of hydrogen-bond donors (Lipinski definition) is 0. The van der Waals surface area contributed by atoms with E-state index in [1.54, 1.807) is 11.0 Å². The molecule has 16 heavy (non-hydrogen) atoms. The second-order valence-corrected chi connectivity index (χ2v) is 3.93. The number of morpholine rings is 1. The molecule has 2 heterocycles. The minimum Gasteiger partial charge on any atom is -0.375 e. The fraction of sp³-hybridized carbons (Fsp3) is 0.700. The van der Waals surface area contributed by atoms with E-state index in [1.165, 1.54) is 6.33 Å². The number of carbonyl (C=O) groups is 1. The third-order valence-corrected chi connectivity index (χ3v) is 2.62. The van der Waals surface area contributed by atoms with Gasteiger partial charge in [-0.15, -0.1) is 0 Å². The summed E-state index contributed by atoms with van der Waals surface area (Å²) >= 11 is 0. The fourth-order valence-electron chi connectivity index (χ4n) is 1.76. The molecule has 6 heteroatoms. The number of aryl methyl sites for hydroxylation is 1. The molecular weight excluding hydrogens is 208 g/mol. The number of carbonyl (C=O) groups excluding carboxylic acids is 1. The molecule has 1 amide bonds. The Hall–Kier alpha value is -1.43. The Morgan fingerprint density at radius 3 is 3.19 bits per heavy atom. The van der Waals surface area contributed by atoms with Crippen LogP contribution in [-0.4, -0.2) is 51.4 Å². The van der Waals surface area contributed by atoms with Crippen LogP contribution >= 0.6 is 0 Å². The minimum atomic E-state index is 0.143. The van der Waals surface area contributed by atoms with Gasteiger partial charge in [-0.3, -0.25) is 9.48 Å². The lowest BCUT2D eigenvalue weighted by atomic mass is 10.2. The Morgan fingerprint density at radius 2 is 2.50 bits per heavy atom. The largest absolute Gasteiger partial charge is 0.375 e. The summed E-state index contributed by atoms with van der Waals surface area (Å²) in [5.41, 5.74) is 0. The maximum atomic E-state index is 11.8. The minimum absolute atomic E-state index is 0.143. The molecule has 88 valence electrons. The highest BCUT2D eigenvalue weighted by molar-refractivity contribution is 5.76. The average Bonchev–Trinajstić information content (AvgIpc) is 2.78. The zero-order chi connectivity index (χ0) is 11.4. The molecule has 0 unspecified atom stereocenters. The van der Waals surface area contributed by atoms with E-state index in [9.17, 15) is 4.79 Å². The summed E-state index contributed by atoms with van der Waals surface area (Å²) in [7, 11) is 0. The standard InChI is InChI=1S/C10H16N4O2/c1-9-6-13(4-5-16-9)10(15)2-3-14-8-11-7-12-14/h7-9H,2-6H2,1H3/t9-/m1/s1. The average molecular weight is 224 g/mol. The van der Waals surface area contributed by atoms with Gasteiger partial charge in [0.15, 0.2) is 0 Å². The molecular formula is C10H16N4O2. The summed E-state index contributed by atoms with van der Waals surface area (Å²) in [6.07, 6.45) is 3.70. The smallest absolute Gasteiger partial charge is 0.224 e. The van der Waals surface area contributed by atoms with Crippen LogP contribution in [0.3, 0.4) is 0 Å². The fourth-order valence-corrected chi connectivity index (χ4v) is 1.76. The Labute approximate surface area is 94.2 Å². The van der Waals surface area contributed by atoms with E-state index >= 15 is 0 Å². The Balaban J connectivity index is 1.79. The van der Waals surface area contributed by atoms with Gasteiger partial charge in [-0.1, -0.05) is 0 Å². The lowest BCUT2D eigenvalue weighted by Crippen LogP contribution is -2.44. The Kier molecular flexibility index (Phi) is 3.51. The predicted octanol–water partition coefficient (Wildman–Crippen LogP) is -0.0845. The van der Waals surface area contributed by atoms with Crippen LogP contribution in [-0.2, 0) is 16.1 Å². The number of ether oxygens (including phenoxy) is 1. The lowest BCUT2D eigenvalue weighted by molar-refractivity contribution is -0.138. The van der Waals surface area contributed by atoms with Gasteiger partial charge in [0.25, 0.3) is 0 Å². The molecule has 0 radical (unpaired) electrons. The van der Waals surface area contributed by atoms with Gasteiger partial charge in [-0.2, -0.15) is 5.10 Å². The van der Waals surface area contributed by atoms with Crippen molar-refractivity contribution in [3.63, 3.8) is 0 Å². The summed E-state index contributed by atoms with van der Waals surface area (Å²) < 4.78 is 7.06. The summed E-state index contributed by atoms with van der Waals surface area (Å²) in [6.45, 7) is 4.59. The lowest BCUT2D eigenvalue weighted by Gasteiger charge is -2.31. The molecule has 1 aliphatic heterocycles. The van der Waals surface area contributed by atoms with E-state index in [-0.39, 0.29) is 12.0 Å². The monoisotopic (exact) mass is 224 g/mol. The zero-order valence-electron chi connectivity index (χ0n) is 9.37. The Bertz CT molecular complexity index is 339. The molecule has 1 aromatic rings. The van der Waals surface area contributed by atoms with Gasteiger partial charge < -0.3 is 9.64 Å². The molecule has 0 aromatic carbocycles.